The number of alkyl halides is 2. The first kappa shape index (κ1) is 25.4. The Morgan fingerprint density at radius 1 is 1.21 bits per heavy atom. The second kappa shape index (κ2) is 9.69. The zero-order valence-corrected chi connectivity index (χ0v) is 22.3. The van der Waals surface area contributed by atoms with Crippen LogP contribution in [0.2, 0.25) is 0 Å². The molecule has 6 rings (SSSR count). The summed E-state index contributed by atoms with van der Waals surface area (Å²) in [5.74, 6) is 1.84. The van der Waals surface area contributed by atoms with E-state index in [0.29, 0.717) is 52.2 Å². The number of imidazole rings is 1. The number of carbonyl (C=O) groups is 1. The summed E-state index contributed by atoms with van der Waals surface area (Å²) in [5, 5.41) is 7.38. The number of likely N-dealkylation sites (tertiary alicyclic amines) is 1. The van der Waals surface area contributed by atoms with Crippen LogP contribution in [0.15, 0.2) is 12.4 Å². The quantitative estimate of drug-likeness (QED) is 0.321. The third-order valence-corrected chi connectivity index (χ3v) is 8.14. The SMILES string of the molecule is CNc1nc(N[C@H]2CC[C@@](C)(N3CCCC3=O)CC2)nc2[nH]cc(-c3cnc4nc(C)n(CC(F)F)c4n3)c12. The summed E-state index contributed by atoms with van der Waals surface area (Å²) in [6.45, 7) is 4.23. The van der Waals surface area contributed by atoms with Gasteiger partial charge in [-0.25, -0.2) is 23.7 Å². The molecule has 206 valence electrons. The van der Waals surface area contributed by atoms with E-state index in [1.54, 1.807) is 26.4 Å². The lowest BCUT2D eigenvalue weighted by Crippen LogP contribution is -2.50. The molecule has 1 saturated heterocycles. The van der Waals surface area contributed by atoms with Crippen molar-refractivity contribution >= 4 is 40.0 Å². The van der Waals surface area contributed by atoms with Crippen LogP contribution in [0, 0.1) is 6.92 Å². The summed E-state index contributed by atoms with van der Waals surface area (Å²) in [6, 6.07) is 0.207. The number of aryl methyl sites for hydroxylation is 1. The fraction of sp³-hybridized carbons (Fsp3) is 0.538. The highest BCUT2D eigenvalue weighted by atomic mass is 19.3. The molecule has 0 atom stereocenters. The van der Waals surface area contributed by atoms with Gasteiger partial charge in [-0.1, -0.05) is 0 Å². The van der Waals surface area contributed by atoms with Crippen LogP contribution in [0.1, 0.15) is 51.3 Å². The van der Waals surface area contributed by atoms with Crippen molar-refractivity contribution in [3.05, 3.63) is 18.2 Å². The van der Waals surface area contributed by atoms with Crippen molar-refractivity contribution in [2.45, 2.75) is 76.9 Å². The molecule has 4 aromatic rings. The zero-order chi connectivity index (χ0) is 27.3. The monoisotopic (exact) mass is 538 g/mol. The topological polar surface area (TPSA) is 130 Å². The van der Waals surface area contributed by atoms with Crippen molar-refractivity contribution in [1.82, 2.24) is 39.4 Å². The average molecular weight is 539 g/mol. The summed E-state index contributed by atoms with van der Waals surface area (Å²) in [6.07, 6.45) is 6.17. The number of hydrogen-bond donors (Lipinski definition) is 3. The van der Waals surface area contributed by atoms with Crippen molar-refractivity contribution in [3.63, 3.8) is 0 Å². The molecule has 13 heteroatoms. The van der Waals surface area contributed by atoms with Crippen molar-refractivity contribution in [3.8, 4) is 11.3 Å². The molecule has 0 radical (unpaired) electrons. The van der Waals surface area contributed by atoms with E-state index in [4.69, 9.17) is 9.97 Å². The molecule has 3 N–H and O–H groups in total. The van der Waals surface area contributed by atoms with Gasteiger partial charge in [0.15, 0.2) is 11.3 Å². The third-order valence-electron chi connectivity index (χ3n) is 8.14. The smallest absolute Gasteiger partial charge is 0.256 e. The number of carbonyl (C=O) groups excluding carboxylic acids is 1. The molecule has 1 aliphatic heterocycles. The molecule has 1 saturated carbocycles. The van der Waals surface area contributed by atoms with Crippen LogP contribution >= 0.6 is 0 Å². The molecule has 2 fully saturated rings. The number of H-pyrrole nitrogens is 1. The number of anilines is 2. The van der Waals surface area contributed by atoms with Crippen molar-refractivity contribution < 1.29 is 13.6 Å². The van der Waals surface area contributed by atoms with Gasteiger partial charge >= 0.3 is 0 Å². The van der Waals surface area contributed by atoms with Crippen molar-refractivity contribution in [2.75, 3.05) is 24.2 Å². The van der Waals surface area contributed by atoms with Gasteiger partial charge in [-0.15, -0.1) is 0 Å². The lowest BCUT2D eigenvalue weighted by molar-refractivity contribution is -0.133. The molecule has 39 heavy (non-hydrogen) atoms. The number of halogens is 2. The summed E-state index contributed by atoms with van der Waals surface area (Å²) < 4.78 is 27.7. The van der Waals surface area contributed by atoms with Crippen LogP contribution in [0.25, 0.3) is 33.6 Å². The van der Waals surface area contributed by atoms with Gasteiger partial charge in [-0.05, 0) is 46.0 Å². The van der Waals surface area contributed by atoms with Crippen LogP contribution in [0.4, 0.5) is 20.5 Å². The Labute approximate surface area is 223 Å². The number of fused-ring (bicyclic) bond motifs is 2. The molecule has 0 spiro atoms. The van der Waals surface area contributed by atoms with Gasteiger partial charge in [0.05, 0.1) is 23.8 Å². The van der Waals surface area contributed by atoms with Crippen molar-refractivity contribution in [1.29, 1.82) is 0 Å². The fourth-order valence-electron chi connectivity index (χ4n) is 6.02. The molecule has 4 aromatic heterocycles. The maximum Gasteiger partial charge on any atom is 0.256 e. The van der Waals surface area contributed by atoms with E-state index in [1.807, 2.05) is 0 Å². The first-order chi connectivity index (χ1) is 18.8. The second-order valence-corrected chi connectivity index (χ2v) is 10.7. The molecule has 0 bridgehead atoms. The van der Waals surface area contributed by atoms with Crippen LogP contribution in [-0.4, -0.2) is 76.9 Å². The molecular weight excluding hydrogens is 506 g/mol. The number of nitrogens with one attached hydrogen (secondary N) is 3. The Balaban J connectivity index is 1.26. The highest BCUT2D eigenvalue weighted by Crippen LogP contribution is 2.38. The number of hydrogen-bond acceptors (Lipinski definition) is 8. The largest absolute Gasteiger partial charge is 0.372 e. The average Bonchev–Trinajstić information content (AvgIpc) is 3.62. The minimum atomic E-state index is -2.53. The lowest BCUT2D eigenvalue weighted by Gasteiger charge is -2.44. The fourth-order valence-corrected chi connectivity index (χ4v) is 6.02. The van der Waals surface area contributed by atoms with Gasteiger partial charge in [-0.2, -0.15) is 9.97 Å². The van der Waals surface area contributed by atoms with Crippen molar-refractivity contribution in [2.24, 2.45) is 0 Å². The van der Waals surface area contributed by atoms with Gasteiger partial charge in [0.1, 0.15) is 17.3 Å². The van der Waals surface area contributed by atoms with E-state index in [-0.39, 0.29) is 17.5 Å². The highest BCUT2D eigenvalue weighted by molar-refractivity contribution is 6.01. The Morgan fingerprint density at radius 3 is 2.69 bits per heavy atom. The van der Waals surface area contributed by atoms with E-state index in [1.165, 1.54) is 4.57 Å². The number of aromatic nitrogens is 7. The predicted octanol–water partition coefficient (Wildman–Crippen LogP) is 4.12. The summed E-state index contributed by atoms with van der Waals surface area (Å²) in [4.78, 5) is 40.4. The minimum Gasteiger partial charge on any atom is -0.372 e. The molecule has 11 nitrogen and oxygen atoms in total. The molecular formula is C26H32F2N10O. The Hall–Kier alpha value is -3.90. The van der Waals surface area contributed by atoms with Gasteiger partial charge in [0, 0.05) is 43.4 Å². The van der Waals surface area contributed by atoms with Gasteiger partial charge in [0.25, 0.3) is 6.43 Å². The van der Waals surface area contributed by atoms with Crippen LogP contribution in [0.3, 0.4) is 0 Å². The molecule has 1 amide bonds. The summed E-state index contributed by atoms with van der Waals surface area (Å²) in [7, 11) is 1.79. The highest BCUT2D eigenvalue weighted by Gasteiger charge is 2.40. The van der Waals surface area contributed by atoms with E-state index < -0.39 is 13.0 Å². The van der Waals surface area contributed by atoms with Crippen LogP contribution < -0.4 is 10.6 Å². The maximum atomic E-state index is 13.2. The van der Waals surface area contributed by atoms with Gasteiger partial charge < -0.3 is 25.1 Å². The van der Waals surface area contributed by atoms with E-state index in [9.17, 15) is 13.6 Å². The van der Waals surface area contributed by atoms with Gasteiger partial charge in [0.2, 0.25) is 11.9 Å². The molecule has 0 aromatic carbocycles. The van der Waals surface area contributed by atoms with Crippen LogP contribution in [-0.2, 0) is 11.3 Å². The Morgan fingerprint density at radius 2 is 2.00 bits per heavy atom. The summed E-state index contributed by atoms with van der Waals surface area (Å²) >= 11 is 0. The molecule has 2 aliphatic rings. The molecule has 5 heterocycles. The maximum absolute atomic E-state index is 13.2. The third kappa shape index (κ3) is 4.53. The Bertz CT molecular complexity index is 1540. The predicted molar refractivity (Wildman–Crippen MR) is 144 cm³/mol. The number of nitrogens with zero attached hydrogens (tertiary/aromatic N) is 7. The minimum absolute atomic E-state index is 0.0769. The number of rotatable bonds is 7. The zero-order valence-electron chi connectivity index (χ0n) is 22.3. The number of amides is 1. The molecule has 1 aliphatic carbocycles. The van der Waals surface area contributed by atoms with Crippen LogP contribution in [0.5, 0.6) is 0 Å². The van der Waals surface area contributed by atoms with E-state index >= 15 is 0 Å². The standard InChI is InChI=1S/C26H32F2N10O/c1-14-32-23-24(37(14)13-18(27)28)34-17(12-31-23)16-11-30-22-20(16)21(29-3)35-25(36-22)33-15-6-8-26(2,9-7-15)38-10-4-5-19(38)39/h11-12,15,18H,4-10,13H2,1-3H3,(H3,29,30,33,35,36)/t15-,26+. The van der Waals surface area contributed by atoms with Gasteiger partial charge in [-0.3, -0.25) is 4.79 Å². The first-order valence-corrected chi connectivity index (χ1v) is 13.4. The normalized spacial score (nSPS) is 21.9. The van der Waals surface area contributed by atoms with E-state index in [0.717, 1.165) is 44.0 Å². The first-order valence-electron chi connectivity index (χ1n) is 13.4. The lowest BCUT2D eigenvalue weighted by atomic mass is 9.79. The van der Waals surface area contributed by atoms with E-state index in [2.05, 4.69) is 42.4 Å². The summed E-state index contributed by atoms with van der Waals surface area (Å²) in [5.41, 5.74) is 2.39. The second-order valence-electron chi connectivity index (χ2n) is 10.7. The number of aromatic amines is 1. The Kier molecular flexibility index (Phi) is 6.31. The molecule has 0 unspecified atom stereocenters.